The lowest BCUT2D eigenvalue weighted by Crippen LogP contribution is -2.26. The van der Waals surface area contributed by atoms with E-state index in [9.17, 15) is 9.59 Å². The van der Waals surface area contributed by atoms with Gasteiger partial charge in [0.05, 0.1) is 18.5 Å². The van der Waals surface area contributed by atoms with E-state index in [0.717, 1.165) is 5.56 Å². The summed E-state index contributed by atoms with van der Waals surface area (Å²) < 4.78 is 4.62. The number of carbonyl (C=O) groups excluding carboxylic acids is 1. The van der Waals surface area contributed by atoms with E-state index < -0.39 is 5.97 Å². The zero-order valence-corrected chi connectivity index (χ0v) is 9.74. The summed E-state index contributed by atoms with van der Waals surface area (Å²) in [4.78, 5) is 28.2. The number of fused-ring (bicyclic) bond motifs is 1. The van der Waals surface area contributed by atoms with Crippen LogP contribution in [0.4, 0.5) is 5.69 Å². The summed E-state index contributed by atoms with van der Waals surface area (Å²) in [5, 5.41) is 12.6. The van der Waals surface area contributed by atoms with Crippen LogP contribution in [0.25, 0.3) is 0 Å². The Morgan fingerprint density at radius 1 is 1.47 bits per heavy atom. The Balaban J connectivity index is 1.97. The fraction of sp³-hybridized carbons (Fsp3) is 0.167. The molecular formula is C12H9N3O4. The first-order valence-corrected chi connectivity index (χ1v) is 5.57. The minimum absolute atomic E-state index is 0.109. The van der Waals surface area contributed by atoms with Crippen molar-refractivity contribution < 1.29 is 19.2 Å². The van der Waals surface area contributed by atoms with Gasteiger partial charge in [-0.1, -0.05) is 11.2 Å². The number of amides is 1. The summed E-state index contributed by atoms with van der Waals surface area (Å²) in [7, 11) is 0. The van der Waals surface area contributed by atoms with Crippen molar-refractivity contribution in [3.63, 3.8) is 0 Å². The van der Waals surface area contributed by atoms with E-state index in [1.54, 1.807) is 6.07 Å². The quantitative estimate of drug-likeness (QED) is 0.877. The molecule has 1 aliphatic heterocycles. The number of nitrogens with zero attached hydrogens (tertiary/aromatic N) is 3. The third-order valence-corrected chi connectivity index (χ3v) is 2.97. The summed E-state index contributed by atoms with van der Waals surface area (Å²) in [6.45, 7) is 0.172. The van der Waals surface area contributed by atoms with Gasteiger partial charge in [-0.25, -0.2) is 4.79 Å². The molecule has 0 saturated carbocycles. The van der Waals surface area contributed by atoms with Gasteiger partial charge in [-0.3, -0.25) is 4.79 Å². The predicted octanol–water partition coefficient (Wildman–Crippen LogP) is 0.857. The van der Waals surface area contributed by atoms with Gasteiger partial charge < -0.3 is 14.5 Å². The summed E-state index contributed by atoms with van der Waals surface area (Å²) in [6.07, 6.45) is 1.44. The molecule has 0 saturated heterocycles. The van der Waals surface area contributed by atoms with Gasteiger partial charge >= 0.3 is 5.97 Å². The average Bonchev–Trinajstić information content (AvgIpc) is 2.98. The molecule has 19 heavy (non-hydrogen) atoms. The van der Waals surface area contributed by atoms with Crippen LogP contribution in [-0.4, -0.2) is 27.1 Å². The summed E-state index contributed by atoms with van der Waals surface area (Å²) in [6, 6.07) is 4.64. The minimum atomic E-state index is -1.03. The molecule has 2 heterocycles. The van der Waals surface area contributed by atoms with Crippen molar-refractivity contribution in [1.82, 2.24) is 10.1 Å². The number of benzene rings is 1. The van der Waals surface area contributed by atoms with Crippen LogP contribution in [0.2, 0.25) is 0 Å². The standard InChI is InChI=1S/C12H9N3O4/c16-11-4-7-1-2-8(12(17)18)3-9(7)15(11)5-10-13-6-19-14-10/h1-3,6H,4-5H2,(H,17,18). The van der Waals surface area contributed by atoms with Crippen LogP contribution < -0.4 is 4.90 Å². The second kappa shape index (κ2) is 4.20. The maximum Gasteiger partial charge on any atom is 0.335 e. The van der Waals surface area contributed by atoms with E-state index in [-0.39, 0.29) is 24.4 Å². The Labute approximate surface area is 107 Å². The zero-order valence-electron chi connectivity index (χ0n) is 9.74. The first-order valence-electron chi connectivity index (χ1n) is 5.57. The Bertz CT molecular complexity index is 651. The second-order valence-corrected chi connectivity index (χ2v) is 4.15. The number of aromatic nitrogens is 2. The van der Waals surface area contributed by atoms with E-state index in [0.29, 0.717) is 11.5 Å². The van der Waals surface area contributed by atoms with Crippen LogP contribution in [0.5, 0.6) is 0 Å². The van der Waals surface area contributed by atoms with Crippen LogP contribution in [0.3, 0.4) is 0 Å². The molecule has 1 N–H and O–H groups in total. The van der Waals surface area contributed by atoms with E-state index in [4.69, 9.17) is 5.11 Å². The highest BCUT2D eigenvalue weighted by Gasteiger charge is 2.29. The van der Waals surface area contributed by atoms with Gasteiger partial charge in [-0.2, -0.15) is 4.98 Å². The van der Waals surface area contributed by atoms with E-state index in [2.05, 4.69) is 14.7 Å². The van der Waals surface area contributed by atoms with Crippen molar-refractivity contribution in [2.45, 2.75) is 13.0 Å². The number of aromatic carboxylic acids is 1. The maximum atomic E-state index is 11.9. The molecule has 1 amide bonds. The Hall–Kier alpha value is -2.70. The van der Waals surface area contributed by atoms with Crippen molar-refractivity contribution in [2.24, 2.45) is 0 Å². The Kier molecular flexibility index (Phi) is 2.52. The molecule has 1 aromatic carbocycles. The lowest BCUT2D eigenvalue weighted by Gasteiger charge is -2.15. The molecule has 7 heteroatoms. The minimum Gasteiger partial charge on any atom is -0.478 e. The highest BCUT2D eigenvalue weighted by Crippen LogP contribution is 2.30. The van der Waals surface area contributed by atoms with Gasteiger partial charge in [0.25, 0.3) is 0 Å². The predicted molar refractivity (Wildman–Crippen MR) is 62.6 cm³/mol. The van der Waals surface area contributed by atoms with Crippen molar-refractivity contribution in [3.8, 4) is 0 Å². The topological polar surface area (TPSA) is 96.5 Å². The van der Waals surface area contributed by atoms with Crippen LogP contribution in [0.15, 0.2) is 29.1 Å². The molecule has 7 nitrogen and oxygen atoms in total. The van der Waals surface area contributed by atoms with Gasteiger partial charge in [0.2, 0.25) is 12.3 Å². The molecule has 96 valence electrons. The highest BCUT2D eigenvalue weighted by atomic mass is 16.5. The summed E-state index contributed by atoms with van der Waals surface area (Å²) in [5.74, 6) is -0.758. The van der Waals surface area contributed by atoms with E-state index in [1.807, 2.05) is 0 Å². The lowest BCUT2D eigenvalue weighted by atomic mass is 10.1. The van der Waals surface area contributed by atoms with Crippen LogP contribution in [-0.2, 0) is 17.8 Å². The van der Waals surface area contributed by atoms with E-state index in [1.165, 1.54) is 23.4 Å². The summed E-state index contributed by atoms with van der Waals surface area (Å²) >= 11 is 0. The smallest absolute Gasteiger partial charge is 0.335 e. The zero-order chi connectivity index (χ0) is 13.4. The van der Waals surface area contributed by atoms with Crippen LogP contribution in [0, 0.1) is 0 Å². The summed E-state index contributed by atoms with van der Waals surface area (Å²) in [5.41, 5.74) is 1.54. The number of anilines is 1. The molecule has 3 rings (SSSR count). The van der Waals surface area contributed by atoms with Gasteiger partial charge in [0, 0.05) is 5.69 Å². The first-order chi connectivity index (χ1) is 9.15. The molecule has 0 unspecified atom stereocenters. The molecule has 1 aromatic heterocycles. The lowest BCUT2D eigenvalue weighted by molar-refractivity contribution is -0.117. The molecule has 0 fully saturated rings. The number of carboxylic acid groups (broad SMARTS) is 1. The van der Waals surface area contributed by atoms with E-state index >= 15 is 0 Å². The van der Waals surface area contributed by atoms with Crippen molar-refractivity contribution in [1.29, 1.82) is 0 Å². The number of rotatable bonds is 3. The van der Waals surface area contributed by atoms with Gasteiger partial charge in [-0.15, -0.1) is 0 Å². The largest absolute Gasteiger partial charge is 0.478 e. The molecular weight excluding hydrogens is 250 g/mol. The molecule has 1 aliphatic rings. The molecule has 0 atom stereocenters. The number of hydrogen-bond acceptors (Lipinski definition) is 5. The van der Waals surface area contributed by atoms with Gasteiger partial charge in [-0.05, 0) is 17.7 Å². The van der Waals surface area contributed by atoms with Crippen LogP contribution in [0.1, 0.15) is 21.7 Å². The first kappa shape index (κ1) is 11.4. The fourth-order valence-corrected chi connectivity index (χ4v) is 2.07. The Morgan fingerprint density at radius 2 is 2.32 bits per heavy atom. The van der Waals surface area contributed by atoms with Gasteiger partial charge in [0.15, 0.2) is 5.82 Å². The molecule has 0 aliphatic carbocycles. The normalized spacial score (nSPS) is 13.7. The van der Waals surface area contributed by atoms with Crippen molar-refractivity contribution >= 4 is 17.6 Å². The third kappa shape index (κ3) is 1.95. The number of hydrogen-bond donors (Lipinski definition) is 1. The highest BCUT2D eigenvalue weighted by molar-refractivity contribution is 6.02. The SMILES string of the molecule is O=C(O)c1ccc2c(c1)N(Cc1ncon1)C(=O)C2. The number of carboxylic acids is 1. The van der Waals surface area contributed by atoms with Crippen molar-refractivity contribution in [3.05, 3.63) is 41.5 Å². The third-order valence-electron chi connectivity index (χ3n) is 2.97. The molecule has 0 spiro atoms. The van der Waals surface area contributed by atoms with Crippen molar-refractivity contribution in [2.75, 3.05) is 4.90 Å². The van der Waals surface area contributed by atoms with Gasteiger partial charge in [0.1, 0.15) is 0 Å². The molecule has 0 radical (unpaired) electrons. The maximum absolute atomic E-state index is 11.9. The fourth-order valence-electron chi connectivity index (χ4n) is 2.07. The molecule has 0 bridgehead atoms. The second-order valence-electron chi connectivity index (χ2n) is 4.15. The average molecular weight is 259 g/mol. The monoisotopic (exact) mass is 259 g/mol. The molecule has 2 aromatic rings. The Morgan fingerprint density at radius 3 is 3.00 bits per heavy atom. The van der Waals surface area contributed by atoms with Crippen LogP contribution >= 0.6 is 0 Å². The number of carbonyl (C=O) groups is 2.